The quantitative estimate of drug-likeness (QED) is 0.169. The molecule has 0 N–H and O–H groups in total. The Morgan fingerprint density at radius 1 is 0.400 bits per heavy atom. The maximum absolute atomic E-state index is 10.3. The minimum atomic E-state index is 0.581. The van der Waals surface area contributed by atoms with E-state index in [0.29, 0.717) is 11.3 Å². The Hall–Kier alpha value is -7.86. The summed E-state index contributed by atoms with van der Waals surface area (Å²) < 4.78 is 7.10. The first-order chi connectivity index (χ1) is 27.2. The number of nitrogens with zero attached hydrogens (tertiary/aromatic N) is 5. The molecule has 11 aromatic rings. The van der Waals surface area contributed by atoms with Crippen molar-refractivity contribution >= 4 is 71.1 Å². The van der Waals surface area contributed by atoms with Gasteiger partial charge in [-0.3, -0.25) is 0 Å². The topological polar surface area (TPSA) is 42.9 Å². The molecule has 0 radical (unpaired) electrons. The standard InChI is InChI=1S/C50H29N5/c1-52-33-26-28-48-41(30-33)38-17-5-9-21-44(38)53(48)47-27-25-32(31-51)29-40(47)37-16-6-11-23-46(37)55-45-22-10-4-15-36(45)39-18-12-24-49(50(39)55)54-42-19-7-2-13-34(42)35-14-3-8-20-43(35)54/h2-30H. The molecule has 11 rings (SSSR count). The van der Waals surface area contributed by atoms with Crippen LogP contribution in [-0.4, -0.2) is 13.7 Å². The van der Waals surface area contributed by atoms with Gasteiger partial charge in [-0.25, -0.2) is 4.85 Å². The van der Waals surface area contributed by atoms with Gasteiger partial charge in [-0.1, -0.05) is 109 Å². The van der Waals surface area contributed by atoms with Gasteiger partial charge in [0.25, 0.3) is 0 Å². The third-order valence-electron chi connectivity index (χ3n) is 11.1. The van der Waals surface area contributed by atoms with Gasteiger partial charge in [0.15, 0.2) is 5.69 Å². The maximum Gasteiger partial charge on any atom is 0.188 e. The Labute approximate surface area is 316 Å². The molecule has 0 unspecified atom stereocenters. The fourth-order valence-electron chi connectivity index (χ4n) is 8.82. The maximum atomic E-state index is 10.3. The molecule has 0 aliphatic rings. The number of hydrogen-bond donors (Lipinski definition) is 0. The number of hydrogen-bond acceptors (Lipinski definition) is 1. The van der Waals surface area contributed by atoms with Crippen LogP contribution in [0, 0.1) is 17.9 Å². The van der Waals surface area contributed by atoms with Gasteiger partial charge in [0.1, 0.15) is 0 Å². The first-order valence-electron chi connectivity index (χ1n) is 18.3. The fourth-order valence-corrected chi connectivity index (χ4v) is 8.82. The second-order valence-corrected chi connectivity index (χ2v) is 13.9. The lowest BCUT2D eigenvalue weighted by Crippen LogP contribution is -2.04. The third-order valence-corrected chi connectivity index (χ3v) is 11.1. The molecule has 0 saturated heterocycles. The highest BCUT2D eigenvalue weighted by Crippen LogP contribution is 2.44. The van der Waals surface area contributed by atoms with E-state index in [1.54, 1.807) is 0 Å². The Balaban J connectivity index is 1.26. The van der Waals surface area contributed by atoms with Crippen LogP contribution in [-0.2, 0) is 0 Å². The molecule has 0 aliphatic carbocycles. The van der Waals surface area contributed by atoms with Crippen molar-refractivity contribution in [2.75, 3.05) is 0 Å². The van der Waals surface area contributed by atoms with E-state index in [2.05, 4.69) is 164 Å². The van der Waals surface area contributed by atoms with Crippen LogP contribution >= 0.6 is 0 Å². The van der Waals surface area contributed by atoms with Crippen molar-refractivity contribution in [2.24, 2.45) is 0 Å². The first-order valence-corrected chi connectivity index (χ1v) is 18.3. The van der Waals surface area contributed by atoms with Crippen LogP contribution in [0.1, 0.15) is 5.56 Å². The summed E-state index contributed by atoms with van der Waals surface area (Å²) in [5.74, 6) is 0. The van der Waals surface area contributed by atoms with Crippen LogP contribution in [0.25, 0.3) is 98.5 Å². The van der Waals surface area contributed by atoms with E-state index in [-0.39, 0.29) is 0 Å². The van der Waals surface area contributed by atoms with Gasteiger partial charge >= 0.3 is 0 Å². The Morgan fingerprint density at radius 2 is 0.891 bits per heavy atom. The van der Waals surface area contributed by atoms with Crippen molar-refractivity contribution in [3.05, 3.63) is 193 Å². The smallest absolute Gasteiger partial charge is 0.188 e. The molecule has 0 aliphatic heterocycles. The Kier molecular flexibility index (Phi) is 6.61. The molecular formula is C50H29N5. The molecule has 55 heavy (non-hydrogen) atoms. The highest BCUT2D eigenvalue weighted by atomic mass is 15.1. The SMILES string of the molecule is [C-]#[N+]c1ccc2c(c1)c1ccccc1n2-c1ccc(C#N)cc1-c1ccccc1-n1c2ccccc2c2cccc(-n3c4ccccc4c4ccccc43)c21. The van der Waals surface area contributed by atoms with Gasteiger partial charge in [0.2, 0.25) is 0 Å². The molecule has 5 nitrogen and oxygen atoms in total. The zero-order valence-corrected chi connectivity index (χ0v) is 29.5. The number of nitriles is 1. The van der Waals surface area contributed by atoms with Crippen LogP contribution in [0.2, 0.25) is 0 Å². The molecule has 8 aromatic carbocycles. The Morgan fingerprint density at radius 3 is 1.55 bits per heavy atom. The van der Waals surface area contributed by atoms with E-state index in [4.69, 9.17) is 6.57 Å². The molecule has 5 heteroatoms. The average molecular weight is 700 g/mol. The van der Waals surface area contributed by atoms with Gasteiger partial charge in [-0.05, 0) is 72.1 Å². The molecule has 254 valence electrons. The molecule has 3 heterocycles. The van der Waals surface area contributed by atoms with Crippen LogP contribution in [0.5, 0.6) is 0 Å². The summed E-state index contributed by atoms with van der Waals surface area (Å²) in [6, 6.07) is 63.8. The lowest BCUT2D eigenvalue weighted by Gasteiger charge is -2.20. The summed E-state index contributed by atoms with van der Waals surface area (Å²) in [6.07, 6.45) is 0. The van der Waals surface area contributed by atoms with E-state index >= 15 is 0 Å². The van der Waals surface area contributed by atoms with E-state index in [1.165, 1.54) is 16.2 Å². The summed E-state index contributed by atoms with van der Waals surface area (Å²) in [5.41, 5.74) is 12.7. The van der Waals surface area contributed by atoms with Gasteiger partial charge in [0, 0.05) is 38.1 Å². The second kappa shape index (κ2) is 11.8. The summed E-state index contributed by atoms with van der Waals surface area (Å²) in [6.45, 7) is 7.72. The summed E-state index contributed by atoms with van der Waals surface area (Å²) in [4.78, 5) is 3.75. The van der Waals surface area contributed by atoms with Crippen LogP contribution in [0.3, 0.4) is 0 Å². The minimum Gasteiger partial charge on any atom is -0.309 e. The van der Waals surface area contributed by atoms with Crippen LogP contribution in [0.4, 0.5) is 5.69 Å². The van der Waals surface area contributed by atoms with Crippen molar-refractivity contribution in [2.45, 2.75) is 0 Å². The normalized spacial score (nSPS) is 11.6. The van der Waals surface area contributed by atoms with E-state index < -0.39 is 0 Å². The highest BCUT2D eigenvalue weighted by molar-refractivity contribution is 6.16. The summed E-state index contributed by atoms with van der Waals surface area (Å²) >= 11 is 0. The fraction of sp³-hybridized carbons (Fsp3) is 0. The van der Waals surface area contributed by atoms with Crippen molar-refractivity contribution in [3.8, 4) is 34.3 Å². The third kappa shape index (κ3) is 4.39. The largest absolute Gasteiger partial charge is 0.309 e. The zero-order chi connectivity index (χ0) is 36.6. The van der Waals surface area contributed by atoms with Crippen LogP contribution < -0.4 is 0 Å². The van der Waals surface area contributed by atoms with Crippen LogP contribution in [0.15, 0.2) is 176 Å². The van der Waals surface area contributed by atoms with Crippen molar-refractivity contribution < 1.29 is 0 Å². The molecule has 0 amide bonds. The number of para-hydroxylation sites is 6. The molecule has 0 saturated carbocycles. The second-order valence-electron chi connectivity index (χ2n) is 13.9. The monoisotopic (exact) mass is 699 g/mol. The predicted octanol–water partition coefficient (Wildman–Crippen LogP) is 13.1. The molecule has 0 fully saturated rings. The van der Waals surface area contributed by atoms with Gasteiger partial charge < -0.3 is 13.7 Å². The molecule has 3 aromatic heterocycles. The average Bonchev–Trinajstić information content (AvgIpc) is 3.89. The number of fused-ring (bicyclic) bond motifs is 9. The van der Waals surface area contributed by atoms with E-state index in [1.807, 2.05) is 36.4 Å². The number of rotatable bonds is 4. The number of benzene rings is 8. The summed E-state index contributed by atoms with van der Waals surface area (Å²) in [5, 5.41) is 17.1. The molecule has 0 bridgehead atoms. The molecule has 0 atom stereocenters. The van der Waals surface area contributed by atoms with Gasteiger partial charge in [0.05, 0.1) is 68.4 Å². The van der Waals surface area contributed by atoms with Gasteiger partial charge in [-0.15, -0.1) is 0 Å². The Bertz CT molecular complexity index is 3420. The van der Waals surface area contributed by atoms with Crippen molar-refractivity contribution in [1.82, 2.24) is 13.7 Å². The van der Waals surface area contributed by atoms with E-state index in [0.717, 1.165) is 77.4 Å². The molecular weight excluding hydrogens is 671 g/mol. The lowest BCUT2D eigenvalue weighted by atomic mass is 9.98. The highest BCUT2D eigenvalue weighted by Gasteiger charge is 2.23. The summed E-state index contributed by atoms with van der Waals surface area (Å²) in [7, 11) is 0. The molecule has 0 spiro atoms. The van der Waals surface area contributed by atoms with Crippen molar-refractivity contribution in [1.29, 1.82) is 5.26 Å². The number of aromatic nitrogens is 3. The van der Waals surface area contributed by atoms with E-state index in [9.17, 15) is 5.26 Å². The predicted molar refractivity (Wildman–Crippen MR) is 226 cm³/mol. The zero-order valence-electron chi connectivity index (χ0n) is 29.5. The van der Waals surface area contributed by atoms with Crippen molar-refractivity contribution in [3.63, 3.8) is 0 Å². The minimum absolute atomic E-state index is 0.581. The lowest BCUT2D eigenvalue weighted by molar-refractivity contribution is 1.13. The van der Waals surface area contributed by atoms with Gasteiger partial charge in [-0.2, -0.15) is 5.26 Å². The first kappa shape index (κ1) is 30.7.